The maximum atomic E-state index is 13.4. The number of halogens is 3. The molecule has 2 amide bonds. The molecule has 0 spiro atoms. The van der Waals surface area contributed by atoms with Crippen LogP contribution in [-0.4, -0.2) is 16.8 Å². The third-order valence-corrected chi connectivity index (χ3v) is 6.12. The van der Waals surface area contributed by atoms with Gasteiger partial charge in [0.1, 0.15) is 0 Å². The van der Waals surface area contributed by atoms with Crippen LogP contribution < -0.4 is 10.6 Å². The molecular weight excluding hydrogens is 464 g/mol. The van der Waals surface area contributed by atoms with Crippen molar-refractivity contribution in [3.63, 3.8) is 0 Å². The van der Waals surface area contributed by atoms with Gasteiger partial charge in [-0.15, -0.1) is 22.7 Å². The zero-order valence-corrected chi connectivity index (χ0v) is 17.9. The zero-order valence-electron chi connectivity index (χ0n) is 15.5. The lowest BCUT2D eigenvalue weighted by Crippen LogP contribution is -2.14. The lowest BCUT2D eigenvalue weighted by molar-refractivity contribution is 0.101. The largest absolute Gasteiger partial charge is 0.320 e. The molecule has 31 heavy (non-hydrogen) atoms. The van der Waals surface area contributed by atoms with Gasteiger partial charge in [0.2, 0.25) is 0 Å². The number of benzene rings is 2. The highest BCUT2D eigenvalue weighted by Gasteiger charge is 2.15. The maximum absolute atomic E-state index is 13.4. The summed E-state index contributed by atoms with van der Waals surface area (Å²) in [5, 5.41) is 9.31. The molecule has 0 radical (unpaired) electrons. The van der Waals surface area contributed by atoms with Crippen LogP contribution in [0.4, 0.5) is 19.6 Å². The quantitative estimate of drug-likeness (QED) is 0.355. The van der Waals surface area contributed by atoms with Crippen molar-refractivity contribution in [2.45, 2.75) is 0 Å². The number of anilines is 2. The van der Waals surface area contributed by atoms with Gasteiger partial charge in [-0.25, -0.2) is 13.8 Å². The van der Waals surface area contributed by atoms with Gasteiger partial charge in [0, 0.05) is 16.5 Å². The van der Waals surface area contributed by atoms with Crippen molar-refractivity contribution in [3.8, 4) is 11.3 Å². The van der Waals surface area contributed by atoms with E-state index in [4.69, 9.17) is 11.6 Å². The van der Waals surface area contributed by atoms with Crippen molar-refractivity contribution in [1.29, 1.82) is 0 Å². The summed E-state index contributed by atoms with van der Waals surface area (Å²) in [6, 6.07) is 11.4. The molecule has 4 aromatic rings. The summed E-state index contributed by atoms with van der Waals surface area (Å²) in [6.45, 7) is 0. The van der Waals surface area contributed by atoms with E-state index in [1.165, 1.54) is 35.6 Å². The first-order valence-corrected chi connectivity index (χ1v) is 10.9. The molecule has 0 fully saturated rings. The third kappa shape index (κ3) is 4.79. The first-order valence-electron chi connectivity index (χ1n) is 8.77. The Hall–Kier alpha value is -3.14. The molecule has 156 valence electrons. The highest BCUT2D eigenvalue weighted by molar-refractivity contribution is 7.14. The second-order valence-corrected chi connectivity index (χ2v) is 8.46. The van der Waals surface area contributed by atoms with Crippen LogP contribution >= 0.6 is 34.3 Å². The molecule has 0 aliphatic rings. The van der Waals surface area contributed by atoms with Gasteiger partial charge in [-0.1, -0.05) is 17.7 Å². The van der Waals surface area contributed by atoms with Crippen molar-refractivity contribution >= 4 is 56.9 Å². The third-order valence-electron chi connectivity index (χ3n) is 4.16. The van der Waals surface area contributed by atoms with Crippen molar-refractivity contribution in [2.75, 3.05) is 10.6 Å². The summed E-state index contributed by atoms with van der Waals surface area (Å²) < 4.78 is 26.6. The van der Waals surface area contributed by atoms with Gasteiger partial charge < -0.3 is 5.32 Å². The topological polar surface area (TPSA) is 71.1 Å². The molecule has 0 bridgehead atoms. The van der Waals surface area contributed by atoms with Crippen molar-refractivity contribution in [2.24, 2.45) is 0 Å². The van der Waals surface area contributed by atoms with Crippen LogP contribution in [0.15, 0.2) is 59.3 Å². The van der Waals surface area contributed by atoms with E-state index in [-0.39, 0.29) is 21.6 Å². The van der Waals surface area contributed by atoms with E-state index in [0.717, 1.165) is 23.5 Å². The SMILES string of the molecule is O=C(Nc1nc(-c2ccc(F)c(F)c2)cs1)c1ccc(Cl)c(NC(=O)c2cccs2)c1. The maximum Gasteiger partial charge on any atom is 0.265 e. The van der Waals surface area contributed by atoms with E-state index in [2.05, 4.69) is 15.6 Å². The first-order chi connectivity index (χ1) is 14.9. The number of aromatic nitrogens is 1. The van der Waals surface area contributed by atoms with E-state index in [1.807, 2.05) is 0 Å². The molecular formula is C21H12ClF2N3O2S2. The van der Waals surface area contributed by atoms with E-state index in [0.29, 0.717) is 21.8 Å². The van der Waals surface area contributed by atoms with Crippen LogP contribution in [0.1, 0.15) is 20.0 Å². The monoisotopic (exact) mass is 475 g/mol. The lowest BCUT2D eigenvalue weighted by atomic mass is 10.1. The molecule has 5 nitrogen and oxygen atoms in total. The van der Waals surface area contributed by atoms with Gasteiger partial charge in [0.25, 0.3) is 11.8 Å². The van der Waals surface area contributed by atoms with Crippen LogP contribution in [0, 0.1) is 11.6 Å². The second kappa shape index (κ2) is 8.93. The molecule has 10 heteroatoms. The predicted molar refractivity (Wildman–Crippen MR) is 119 cm³/mol. The lowest BCUT2D eigenvalue weighted by Gasteiger charge is -2.09. The fraction of sp³-hybridized carbons (Fsp3) is 0. The van der Waals surface area contributed by atoms with Crippen LogP contribution in [0.3, 0.4) is 0 Å². The van der Waals surface area contributed by atoms with Crippen LogP contribution in [0.25, 0.3) is 11.3 Å². The number of hydrogen-bond acceptors (Lipinski definition) is 5. The molecule has 2 N–H and O–H groups in total. The van der Waals surface area contributed by atoms with E-state index in [9.17, 15) is 18.4 Å². The number of thiophene rings is 1. The Morgan fingerprint density at radius 2 is 1.77 bits per heavy atom. The van der Waals surface area contributed by atoms with Crippen molar-refractivity contribution < 1.29 is 18.4 Å². The molecule has 0 aliphatic heterocycles. The minimum atomic E-state index is -0.977. The zero-order chi connectivity index (χ0) is 22.0. The number of carbonyl (C=O) groups excluding carboxylic acids is 2. The average Bonchev–Trinajstić information content (AvgIpc) is 3.44. The Morgan fingerprint density at radius 1 is 0.935 bits per heavy atom. The number of rotatable bonds is 5. The average molecular weight is 476 g/mol. The summed E-state index contributed by atoms with van der Waals surface area (Å²) in [5.74, 6) is -2.72. The standard InChI is InChI=1S/C21H12ClF2N3O2S2/c22-13-5-3-12(9-16(13)25-20(29)18-2-1-7-30-18)19(28)27-21-26-17(10-31-21)11-4-6-14(23)15(24)8-11/h1-10H,(H,25,29)(H,26,27,28). The first kappa shape index (κ1) is 21.1. The Labute approximate surface area is 188 Å². The number of amides is 2. The Kier molecular flexibility index (Phi) is 6.08. The van der Waals surface area contributed by atoms with E-state index >= 15 is 0 Å². The van der Waals surface area contributed by atoms with E-state index < -0.39 is 17.5 Å². The van der Waals surface area contributed by atoms with Gasteiger partial charge in [-0.3, -0.25) is 14.9 Å². The molecule has 0 saturated heterocycles. The van der Waals surface area contributed by atoms with E-state index in [1.54, 1.807) is 22.9 Å². The van der Waals surface area contributed by atoms with Gasteiger partial charge in [-0.05, 0) is 47.8 Å². The number of thiazole rings is 1. The highest BCUT2D eigenvalue weighted by Crippen LogP contribution is 2.28. The van der Waals surface area contributed by atoms with Crippen LogP contribution in [0.5, 0.6) is 0 Å². The van der Waals surface area contributed by atoms with Gasteiger partial charge in [-0.2, -0.15) is 0 Å². The molecule has 0 saturated carbocycles. The smallest absolute Gasteiger partial charge is 0.265 e. The van der Waals surface area contributed by atoms with Gasteiger partial charge in [0.05, 0.1) is 21.3 Å². The summed E-state index contributed by atoms with van der Waals surface area (Å²) in [5.41, 5.74) is 1.35. The number of carbonyl (C=O) groups is 2. The fourth-order valence-electron chi connectivity index (χ4n) is 2.64. The molecule has 0 atom stereocenters. The number of hydrogen-bond donors (Lipinski definition) is 2. The normalized spacial score (nSPS) is 10.7. The summed E-state index contributed by atoms with van der Waals surface area (Å²) in [4.78, 5) is 29.6. The summed E-state index contributed by atoms with van der Waals surface area (Å²) >= 11 is 8.58. The second-order valence-electron chi connectivity index (χ2n) is 6.25. The van der Waals surface area contributed by atoms with Crippen LogP contribution in [0.2, 0.25) is 5.02 Å². The van der Waals surface area contributed by atoms with Gasteiger partial charge in [0.15, 0.2) is 16.8 Å². The Morgan fingerprint density at radius 3 is 2.52 bits per heavy atom. The number of nitrogens with one attached hydrogen (secondary N) is 2. The molecule has 2 heterocycles. The molecule has 0 aliphatic carbocycles. The Balaban J connectivity index is 1.49. The van der Waals surface area contributed by atoms with Crippen molar-refractivity contribution in [1.82, 2.24) is 4.98 Å². The highest BCUT2D eigenvalue weighted by atomic mass is 35.5. The summed E-state index contributed by atoms with van der Waals surface area (Å²) in [7, 11) is 0. The Bertz CT molecular complexity index is 1280. The fourth-order valence-corrected chi connectivity index (χ4v) is 4.14. The molecule has 4 rings (SSSR count). The van der Waals surface area contributed by atoms with Crippen molar-refractivity contribution in [3.05, 3.63) is 86.4 Å². The van der Waals surface area contributed by atoms with Crippen LogP contribution in [-0.2, 0) is 0 Å². The number of nitrogens with zero attached hydrogens (tertiary/aromatic N) is 1. The minimum Gasteiger partial charge on any atom is -0.320 e. The van der Waals surface area contributed by atoms with Gasteiger partial charge >= 0.3 is 0 Å². The molecule has 2 aromatic carbocycles. The predicted octanol–water partition coefficient (Wildman–Crippen LogP) is 6.31. The minimum absolute atomic E-state index is 0.260. The summed E-state index contributed by atoms with van der Waals surface area (Å²) in [6.07, 6.45) is 0. The molecule has 0 unspecified atom stereocenters. The molecule has 2 aromatic heterocycles.